The highest BCUT2D eigenvalue weighted by molar-refractivity contribution is 5.92. The number of amides is 1. The van der Waals surface area contributed by atoms with Crippen molar-refractivity contribution in [1.82, 2.24) is 15.1 Å². The van der Waals surface area contributed by atoms with Crippen molar-refractivity contribution in [3.05, 3.63) is 17.8 Å². The van der Waals surface area contributed by atoms with Gasteiger partial charge in [-0.2, -0.15) is 0 Å². The molecule has 5 heteroatoms. The Hall–Kier alpha value is -1.65. The molecule has 1 saturated heterocycles. The molecule has 0 saturated carbocycles. The van der Waals surface area contributed by atoms with Crippen LogP contribution in [0, 0.1) is 5.92 Å². The number of rotatable bonds is 6. The molecule has 1 aromatic heterocycles. The lowest BCUT2D eigenvalue weighted by Gasteiger charge is -2.29. The Morgan fingerprint density at radius 1 is 1.29 bits per heavy atom. The van der Waals surface area contributed by atoms with E-state index in [-0.39, 0.29) is 5.91 Å². The average Bonchev–Trinajstić information content (AvgIpc) is 2.52. The third-order valence-corrected chi connectivity index (χ3v) is 4.04. The molecular formula is C16H26N4O. The van der Waals surface area contributed by atoms with Gasteiger partial charge in [0.25, 0.3) is 5.91 Å². The molecule has 0 spiro atoms. The Kier molecular flexibility index (Phi) is 5.96. The van der Waals surface area contributed by atoms with Gasteiger partial charge in [0.1, 0.15) is 5.82 Å². The standard InChI is InChI=1S/C16H26N4O/c1-3-4-5-10-17-15-7-6-14(18-19-15)16(21)20-11-8-13(2)9-12-20/h6-7,13H,3-5,8-12H2,1-2H3,(H,17,19). The molecule has 1 aliphatic rings. The van der Waals surface area contributed by atoms with Gasteiger partial charge >= 0.3 is 0 Å². The smallest absolute Gasteiger partial charge is 0.274 e. The summed E-state index contributed by atoms with van der Waals surface area (Å²) in [5.74, 6) is 1.47. The Labute approximate surface area is 127 Å². The summed E-state index contributed by atoms with van der Waals surface area (Å²) in [6, 6.07) is 3.62. The van der Waals surface area contributed by atoms with Gasteiger partial charge in [-0.25, -0.2) is 0 Å². The Morgan fingerprint density at radius 2 is 2.05 bits per heavy atom. The molecule has 0 unspecified atom stereocenters. The first-order valence-corrected chi connectivity index (χ1v) is 8.07. The highest BCUT2D eigenvalue weighted by Crippen LogP contribution is 2.17. The van der Waals surface area contributed by atoms with E-state index in [0.29, 0.717) is 5.69 Å². The molecule has 0 aliphatic carbocycles. The van der Waals surface area contributed by atoms with E-state index in [1.165, 1.54) is 12.8 Å². The summed E-state index contributed by atoms with van der Waals surface area (Å²) in [6.45, 7) is 6.99. The maximum absolute atomic E-state index is 12.3. The lowest BCUT2D eigenvalue weighted by atomic mass is 9.99. The summed E-state index contributed by atoms with van der Waals surface area (Å²) >= 11 is 0. The van der Waals surface area contributed by atoms with E-state index in [9.17, 15) is 4.79 Å². The number of anilines is 1. The molecule has 21 heavy (non-hydrogen) atoms. The minimum absolute atomic E-state index is 0.00642. The number of unbranched alkanes of at least 4 members (excludes halogenated alkanes) is 2. The molecule has 1 amide bonds. The molecule has 1 aliphatic heterocycles. The molecule has 0 aromatic carbocycles. The number of likely N-dealkylation sites (tertiary alicyclic amines) is 1. The zero-order chi connectivity index (χ0) is 15.1. The molecule has 2 heterocycles. The van der Waals surface area contributed by atoms with E-state index in [0.717, 1.165) is 50.6 Å². The summed E-state index contributed by atoms with van der Waals surface area (Å²) in [6.07, 6.45) is 5.71. The van der Waals surface area contributed by atoms with Gasteiger partial charge in [0.2, 0.25) is 0 Å². The van der Waals surface area contributed by atoms with Gasteiger partial charge in [-0.1, -0.05) is 26.7 Å². The van der Waals surface area contributed by atoms with Gasteiger partial charge in [0.05, 0.1) is 0 Å². The Bertz CT molecular complexity index is 438. The van der Waals surface area contributed by atoms with Crippen molar-refractivity contribution in [1.29, 1.82) is 0 Å². The van der Waals surface area contributed by atoms with Crippen LogP contribution in [0.25, 0.3) is 0 Å². The fourth-order valence-electron chi connectivity index (χ4n) is 2.51. The van der Waals surface area contributed by atoms with Crippen LogP contribution in [0.5, 0.6) is 0 Å². The number of piperidine rings is 1. The van der Waals surface area contributed by atoms with Crippen molar-refractivity contribution in [2.45, 2.75) is 46.0 Å². The first-order chi connectivity index (χ1) is 10.2. The second kappa shape index (κ2) is 7.96. The van der Waals surface area contributed by atoms with Crippen LogP contribution in [0.3, 0.4) is 0 Å². The zero-order valence-electron chi connectivity index (χ0n) is 13.1. The summed E-state index contributed by atoms with van der Waals surface area (Å²) in [7, 11) is 0. The maximum atomic E-state index is 12.3. The van der Waals surface area contributed by atoms with Crippen LogP contribution in [0.4, 0.5) is 5.82 Å². The van der Waals surface area contributed by atoms with Crippen LogP contribution < -0.4 is 5.32 Å². The van der Waals surface area contributed by atoms with Gasteiger partial charge in [0.15, 0.2) is 5.69 Å². The van der Waals surface area contributed by atoms with Gasteiger partial charge in [0, 0.05) is 19.6 Å². The third kappa shape index (κ3) is 4.69. The minimum Gasteiger partial charge on any atom is -0.369 e. The van der Waals surface area contributed by atoms with Gasteiger partial charge < -0.3 is 10.2 Å². The monoisotopic (exact) mass is 290 g/mol. The van der Waals surface area contributed by atoms with Crippen LogP contribution >= 0.6 is 0 Å². The number of carbonyl (C=O) groups is 1. The van der Waals surface area contributed by atoms with Crippen LogP contribution in [-0.2, 0) is 0 Å². The van der Waals surface area contributed by atoms with E-state index < -0.39 is 0 Å². The molecule has 1 N–H and O–H groups in total. The number of carbonyl (C=O) groups excluding carboxylic acids is 1. The first-order valence-electron chi connectivity index (χ1n) is 8.07. The zero-order valence-corrected chi connectivity index (χ0v) is 13.1. The van der Waals surface area contributed by atoms with Gasteiger partial charge in [-0.15, -0.1) is 10.2 Å². The summed E-state index contributed by atoms with van der Waals surface area (Å²) in [4.78, 5) is 14.2. The number of hydrogen-bond acceptors (Lipinski definition) is 4. The van der Waals surface area contributed by atoms with Crippen molar-refractivity contribution in [3.8, 4) is 0 Å². The molecular weight excluding hydrogens is 264 g/mol. The van der Waals surface area contributed by atoms with Gasteiger partial charge in [-0.05, 0) is 37.3 Å². The minimum atomic E-state index is 0.00642. The molecule has 0 bridgehead atoms. The van der Waals surface area contributed by atoms with Crippen LogP contribution in [0.15, 0.2) is 12.1 Å². The lowest BCUT2D eigenvalue weighted by Crippen LogP contribution is -2.38. The second-order valence-electron chi connectivity index (χ2n) is 5.91. The van der Waals surface area contributed by atoms with Crippen LogP contribution in [0.1, 0.15) is 56.4 Å². The van der Waals surface area contributed by atoms with Crippen molar-refractivity contribution >= 4 is 11.7 Å². The molecule has 116 valence electrons. The predicted molar refractivity (Wildman–Crippen MR) is 84.3 cm³/mol. The molecule has 2 rings (SSSR count). The number of nitrogens with one attached hydrogen (secondary N) is 1. The molecule has 0 atom stereocenters. The quantitative estimate of drug-likeness (QED) is 0.818. The van der Waals surface area contributed by atoms with Crippen LogP contribution in [-0.4, -0.2) is 40.6 Å². The van der Waals surface area contributed by atoms with Gasteiger partial charge in [-0.3, -0.25) is 4.79 Å². The van der Waals surface area contributed by atoms with E-state index in [4.69, 9.17) is 0 Å². The average molecular weight is 290 g/mol. The largest absolute Gasteiger partial charge is 0.369 e. The van der Waals surface area contributed by atoms with Crippen molar-refractivity contribution in [3.63, 3.8) is 0 Å². The highest BCUT2D eigenvalue weighted by Gasteiger charge is 2.22. The van der Waals surface area contributed by atoms with Crippen molar-refractivity contribution in [2.75, 3.05) is 25.0 Å². The topological polar surface area (TPSA) is 58.1 Å². The third-order valence-electron chi connectivity index (χ3n) is 4.04. The maximum Gasteiger partial charge on any atom is 0.274 e. The lowest BCUT2D eigenvalue weighted by molar-refractivity contribution is 0.0690. The number of nitrogens with zero attached hydrogens (tertiary/aromatic N) is 3. The highest BCUT2D eigenvalue weighted by atomic mass is 16.2. The SMILES string of the molecule is CCCCCNc1ccc(C(=O)N2CCC(C)CC2)nn1. The molecule has 1 aromatic rings. The molecule has 1 fully saturated rings. The van der Waals surface area contributed by atoms with Crippen LogP contribution in [0.2, 0.25) is 0 Å². The summed E-state index contributed by atoms with van der Waals surface area (Å²) in [5.41, 5.74) is 0.448. The predicted octanol–water partition coefficient (Wildman–Crippen LogP) is 2.95. The van der Waals surface area contributed by atoms with Crippen molar-refractivity contribution < 1.29 is 4.79 Å². The first kappa shape index (κ1) is 15.7. The molecule has 0 radical (unpaired) electrons. The van der Waals surface area contributed by atoms with E-state index in [2.05, 4.69) is 29.4 Å². The van der Waals surface area contributed by atoms with E-state index >= 15 is 0 Å². The van der Waals surface area contributed by atoms with Crippen molar-refractivity contribution in [2.24, 2.45) is 5.92 Å². The molecule has 5 nitrogen and oxygen atoms in total. The Balaban J connectivity index is 1.85. The normalized spacial score (nSPS) is 16.0. The number of aromatic nitrogens is 2. The number of hydrogen-bond donors (Lipinski definition) is 1. The van der Waals surface area contributed by atoms with E-state index in [1.54, 1.807) is 6.07 Å². The second-order valence-corrected chi connectivity index (χ2v) is 5.91. The summed E-state index contributed by atoms with van der Waals surface area (Å²) < 4.78 is 0. The summed E-state index contributed by atoms with van der Waals surface area (Å²) in [5, 5.41) is 11.4. The fraction of sp³-hybridized carbons (Fsp3) is 0.688. The Morgan fingerprint density at radius 3 is 2.67 bits per heavy atom. The van der Waals surface area contributed by atoms with E-state index in [1.807, 2.05) is 11.0 Å². The fourth-order valence-corrected chi connectivity index (χ4v) is 2.51.